The number of hydrogen-bond donors (Lipinski definition) is 4. The van der Waals surface area contributed by atoms with Crippen molar-refractivity contribution in [3.8, 4) is 0 Å². The van der Waals surface area contributed by atoms with Crippen LogP contribution < -0.4 is 22.3 Å². The molecule has 2 bridgehead atoms. The van der Waals surface area contributed by atoms with Gasteiger partial charge in [0.1, 0.15) is 11.6 Å². The molecule has 0 spiro atoms. The molecule has 2 saturated carbocycles. The number of aromatic nitrogens is 2. The maximum Gasteiger partial charge on any atom is 0.223 e. The van der Waals surface area contributed by atoms with Crippen molar-refractivity contribution in [3.05, 3.63) is 6.07 Å². The van der Waals surface area contributed by atoms with Gasteiger partial charge in [0.25, 0.3) is 0 Å². The lowest BCUT2D eigenvalue weighted by molar-refractivity contribution is 0.155. The average Bonchev–Trinajstić information content (AvgIpc) is 2.85. The lowest BCUT2D eigenvalue weighted by Gasteiger charge is -2.43. The highest BCUT2D eigenvalue weighted by molar-refractivity contribution is 5.51. The summed E-state index contributed by atoms with van der Waals surface area (Å²) in [5, 5.41) is 3.59. The van der Waals surface area contributed by atoms with E-state index in [1.807, 2.05) is 6.07 Å². The molecule has 2 aliphatic rings. The van der Waals surface area contributed by atoms with E-state index in [1.165, 1.54) is 19.3 Å². The van der Waals surface area contributed by atoms with Gasteiger partial charge in [-0.3, -0.25) is 0 Å². The first-order chi connectivity index (χ1) is 9.35. The van der Waals surface area contributed by atoms with Gasteiger partial charge in [-0.15, -0.1) is 0 Å². The third-order valence-corrected chi connectivity index (χ3v) is 5.45. The number of nitrogens with one attached hydrogen (secondary N) is 2. The predicted octanol–water partition coefficient (Wildman–Crippen LogP) is 1.97. The predicted molar refractivity (Wildman–Crippen MR) is 80.9 cm³/mol. The number of fused-ring (bicyclic) bond motifs is 2. The van der Waals surface area contributed by atoms with E-state index in [-0.39, 0.29) is 11.4 Å². The Hall–Kier alpha value is -1.56. The monoisotopic (exact) mass is 276 g/mol. The van der Waals surface area contributed by atoms with Crippen LogP contribution in [0.5, 0.6) is 0 Å². The lowest BCUT2D eigenvalue weighted by Crippen LogP contribution is -2.46. The first-order valence-electron chi connectivity index (χ1n) is 7.23. The van der Waals surface area contributed by atoms with E-state index >= 15 is 0 Å². The molecular weight excluding hydrogens is 252 g/mol. The van der Waals surface area contributed by atoms with Crippen molar-refractivity contribution in [2.75, 3.05) is 16.5 Å². The zero-order valence-electron chi connectivity index (χ0n) is 12.4. The van der Waals surface area contributed by atoms with E-state index in [4.69, 9.17) is 11.6 Å². The molecule has 0 aromatic carbocycles. The van der Waals surface area contributed by atoms with E-state index in [1.54, 1.807) is 0 Å². The Labute approximate surface area is 119 Å². The molecule has 0 amide bonds. The average molecular weight is 276 g/mol. The molecule has 3 rings (SSSR count). The van der Waals surface area contributed by atoms with Crippen LogP contribution in [0.25, 0.3) is 0 Å². The van der Waals surface area contributed by atoms with E-state index in [2.05, 4.69) is 41.5 Å². The molecule has 1 heterocycles. The van der Waals surface area contributed by atoms with Crippen molar-refractivity contribution in [2.24, 2.45) is 22.6 Å². The summed E-state index contributed by atoms with van der Waals surface area (Å²) in [6.45, 7) is 7.09. The van der Waals surface area contributed by atoms with Crippen LogP contribution in [-0.4, -0.2) is 16.0 Å². The molecule has 1 aromatic heterocycles. The number of nitrogens with two attached hydrogens (primary N) is 2. The SMILES string of the molecule is CC12CCC(C1)C(C)(C)C2Nc1cc(NN)nc(N)n1. The Morgan fingerprint density at radius 2 is 1.95 bits per heavy atom. The Balaban J connectivity index is 1.89. The Morgan fingerprint density at radius 3 is 2.55 bits per heavy atom. The first kappa shape index (κ1) is 13.4. The van der Waals surface area contributed by atoms with Crippen molar-refractivity contribution < 1.29 is 0 Å². The normalized spacial score (nSPS) is 34.2. The van der Waals surface area contributed by atoms with Crippen molar-refractivity contribution in [3.63, 3.8) is 0 Å². The summed E-state index contributed by atoms with van der Waals surface area (Å²) in [7, 11) is 0. The summed E-state index contributed by atoms with van der Waals surface area (Å²) in [5.41, 5.74) is 8.86. The molecule has 3 unspecified atom stereocenters. The maximum absolute atomic E-state index is 5.73. The summed E-state index contributed by atoms with van der Waals surface area (Å²) in [6, 6.07) is 2.20. The van der Waals surface area contributed by atoms with Crippen molar-refractivity contribution in [2.45, 2.75) is 46.1 Å². The zero-order chi connectivity index (χ0) is 14.5. The molecule has 0 aliphatic heterocycles. The topological polar surface area (TPSA) is 102 Å². The number of anilines is 3. The summed E-state index contributed by atoms with van der Waals surface area (Å²) in [5.74, 6) is 7.71. The zero-order valence-corrected chi connectivity index (χ0v) is 12.4. The molecular formula is C14H24N6. The molecule has 0 radical (unpaired) electrons. The number of nitrogens with zero attached hydrogens (tertiary/aromatic N) is 2. The molecule has 1 aromatic rings. The van der Waals surface area contributed by atoms with E-state index < -0.39 is 0 Å². The molecule has 6 nitrogen and oxygen atoms in total. The molecule has 3 atom stereocenters. The fourth-order valence-corrected chi connectivity index (χ4v) is 4.42. The van der Waals surface area contributed by atoms with Crippen LogP contribution in [0.4, 0.5) is 17.6 Å². The number of nitrogen functional groups attached to an aromatic ring is 2. The first-order valence-corrected chi connectivity index (χ1v) is 7.23. The Bertz CT molecular complexity index is 524. The van der Waals surface area contributed by atoms with Gasteiger partial charge in [-0.05, 0) is 36.0 Å². The van der Waals surface area contributed by atoms with Gasteiger partial charge in [-0.1, -0.05) is 20.8 Å². The van der Waals surface area contributed by atoms with Gasteiger partial charge in [-0.25, -0.2) is 5.84 Å². The third-order valence-electron chi connectivity index (χ3n) is 5.45. The molecule has 6 N–H and O–H groups in total. The van der Waals surface area contributed by atoms with Crippen LogP contribution in [0.3, 0.4) is 0 Å². The van der Waals surface area contributed by atoms with Crippen LogP contribution in [0, 0.1) is 16.7 Å². The largest absolute Gasteiger partial charge is 0.368 e. The maximum atomic E-state index is 5.73. The van der Waals surface area contributed by atoms with Gasteiger partial charge in [0.2, 0.25) is 5.95 Å². The lowest BCUT2D eigenvalue weighted by atomic mass is 9.68. The minimum absolute atomic E-state index is 0.231. The molecule has 110 valence electrons. The second kappa shape index (κ2) is 4.22. The minimum Gasteiger partial charge on any atom is -0.368 e. The third kappa shape index (κ3) is 1.90. The molecule has 2 aliphatic carbocycles. The summed E-state index contributed by atoms with van der Waals surface area (Å²) >= 11 is 0. The molecule has 6 heteroatoms. The molecule has 2 fully saturated rings. The van der Waals surface area contributed by atoms with Crippen LogP contribution in [0.1, 0.15) is 40.0 Å². The van der Waals surface area contributed by atoms with Gasteiger partial charge >= 0.3 is 0 Å². The molecule has 0 saturated heterocycles. The fourth-order valence-electron chi connectivity index (χ4n) is 4.42. The highest BCUT2D eigenvalue weighted by Crippen LogP contribution is 2.63. The van der Waals surface area contributed by atoms with Gasteiger partial charge in [-0.2, -0.15) is 9.97 Å². The summed E-state index contributed by atoms with van der Waals surface area (Å²) in [6.07, 6.45) is 3.91. The van der Waals surface area contributed by atoms with E-state index in [0.717, 1.165) is 11.7 Å². The molecule has 20 heavy (non-hydrogen) atoms. The summed E-state index contributed by atoms with van der Waals surface area (Å²) < 4.78 is 0. The second-order valence-electron chi connectivity index (χ2n) is 7.13. The quantitative estimate of drug-likeness (QED) is 0.497. The Morgan fingerprint density at radius 1 is 1.25 bits per heavy atom. The smallest absolute Gasteiger partial charge is 0.223 e. The standard InChI is InChI=1S/C14H24N6/c1-13(2)8-4-5-14(3,7-8)11(13)17-9-6-10(20-16)19-12(15)18-9/h6,8,11H,4-5,7,16H2,1-3H3,(H4,15,17,18,19,20). The van der Waals surface area contributed by atoms with Gasteiger partial charge in [0.15, 0.2) is 0 Å². The highest BCUT2D eigenvalue weighted by atomic mass is 15.3. The number of rotatable bonds is 3. The van der Waals surface area contributed by atoms with E-state index in [9.17, 15) is 0 Å². The Kier molecular flexibility index (Phi) is 2.83. The van der Waals surface area contributed by atoms with Gasteiger partial charge in [0, 0.05) is 12.1 Å². The van der Waals surface area contributed by atoms with Gasteiger partial charge < -0.3 is 16.5 Å². The van der Waals surface area contributed by atoms with Crippen LogP contribution in [-0.2, 0) is 0 Å². The van der Waals surface area contributed by atoms with Crippen LogP contribution in [0.2, 0.25) is 0 Å². The summed E-state index contributed by atoms with van der Waals surface area (Å²) in [4.78, 5) is 8.30. The minimum atomic E-state index is 0.231. The van der Waals surface area contributed by atoms with Crippen LogP contribution >= 0.6 is 0 Å². The number of hydrogen-bond acceptors (Lipinski definition) is 6. The second-order valence-corrected chi connectivity index (χ2v) is 7.13. The van der Waals surface area contributed by atoms with Crippen LogP contribution in [0.15, 0.2) is 6.07 Å². The van der Waals surface area contributed by atoms with Crippen molar-refractivity contribution in [1.82, 2.24) is 9.97 Å². The van der Waals surface area contributed by atoms with E-state index in [0.29, 0.717) is 17.3 Å². The highest BCUT2D eigenvalue weighted by Gasteiger charge is 2.59. The van der Waals surface area contributed by atoms with Crippen molar-refractivity contribution >= 4 is 17.6 Å². The number of hydrazine groups is 1. The fraction of sp³-hybridized carbons (Fsp3) is 0.714. The van der Waals surface area contributed by atoms with Crippen molar-refractivity contribution in [1.29, 1.82) is 0 Å². The van der Waals surface area contributed by atoms with Gasteiger partial charge in [0.05, 0.1) is 0 Å².